The first-order chi connectivity index (χ1) is 15.8. The molecule has 3 aromatic carbocycles. The molecule has 1 unspecified atom stereocenters. The lowest BCUT2D eigenvalue weighted by molar-refractivity contribution is 0.0695. The third-order valence-electron chi connectivity index (χ3n) is 5.76. The van der Waals surface area contributed by atoms with Crippen molar-refractivity contribution in [1.82, 2.24) is 9.55 Å². The number of carboxylic acid groups (broad SMARTS) is 1. The molecular weight excluding hydrogens is 445 g/mol. The molecule has 0 aliphatic carbocycles. The summed E-state index contributed by atoms with van der Waals surface area (Å²) in [6.07, 6.45) is 1.09. The molecule has 0 spiro atoms. The molecule has 0 amide bonds. The number of H-pyrrole nitrogens is 1. The van der Waals surface area contributed by atoms with E-state index in [1.165, 1.54) is 10.6 Å². The second-order valence-corrected chi connectivity index (χ2v) is 8.40. The van der Waals surface area contributed by atoms with Gasteiger partial charge in [-0.1, -0.05) is 18.2 Å². The Morgan fingerprint density at radius 3 is 2.55 bits per heavy atom. The van der Waals surface area contributed by atoms with Crippen molar-refractivity contribution in [2.75, 3.05) is 0 Å². The molecule has 33 heavy (non-hydrogen) atoms. The molecule has 2 aromatic heterocycles. The van der Waals surface area contributed by atoms with Gasteiger partial charge in [0.05, 0.1) is 11.2 Å². The Bertz CT molecular complexity index is 1640. The first kappa shape index (κ1) is 21.0. The van der Waals surface area contributed by atoms with Crippen molar-refractivity contribution >= 4 is 42.3 Å². The molecule has 5 aromatic rings. The molecule has 164 valence electrons. The summed E-state index contributed by atoms with van der Waals surface area (Å²) in [5.41, 5.74) is 2.24. The van der Waals surface area contributed by atoms with Crippen molar-refractivity contribution in [2.45, 2.75) is 6.92 Å². The number of halogens is 2. The van der Waals surface area contributed by atoms with Gasteiger partial charge in [-0.05, 0) is 48.1 Å². The summed E-state index contributed by atoms with van der Waals surface area (Å²) in [7, 11) is 2.59. The van der Waals surface area contributed by atoms with Gasteiger partial charge in [0, 0.05) is 39.8 Å². The molecule has 0 aliphatic heterocycles. The largest absolute Gasteiger partial charge is 0.477 e. The van der Waals surface area contributed by atoms with Crippen LogP contribution in [0.3, 0.4) is 0 Å². The third-order valence-corrected chi connectivity index (χ3v) is 6.22. The molecule has 0 radical (unpaired) electrons. The van der Waals surface area contributed by atoms with Crippen LogP contribution >= 0.6 is 9.24 Å². The van der Waals surface area contributed by atoms with Crippen molar-refractivity contribution in [3.05, 3.63) is 93.8 Å². The number of nitrogens with zero attached hydrogens (tertiary/aromatic N) is 1. The smallest absolute Gasteiger partial charge is 0.341 e. The van der Waals surface area contributed by atoms with E-state index >= 15 is 0 Å². The number of aromatic amines is 1. The van der Waals surface area contributed by atoms with E-state index in [9.17, 15) is 23.5 Å². The van der Waals surface area contributed by atoms with E-state index in [0.29, 0.717) is 16.4 Å². The minimum Gasteiger partial charge on any atom is -0.477 e. The van der Waals surface area contributed by atoms with Gasteiger partial charge in [-0.25, -0.2) is 13.6 Å². The van der Waals surface area contributed by atoms with Gasteiger partial charge in [0.15, 0.2) is 0 Å². The van der Waals surface area contributed by atoms with Gasteiger partial charge in [0.1, 0.15) is 17.2 Å². The number of nitrogens with one attached hydrogen (secondary N) is 1. The molecule has 1 atom stereocenters. The maximum absolute atomic E-state index is 14.8. The van der Waals surface area contributed by atoms with E-state index < -0.39 is 28.6 Å². The third kappa shape index (κ3) is 3.33. The van der Waals surface area contributed by atoms with E-state index in [2.05, 4.69) is 14.2 Å². The Balaban J connectivity index is 1.93. The standard InChI is InChI=1S/C25H17F2N2O3P/c1-12-22(19-8-13-4-2-3-5-18(13)28-19)21(33)10-15-23(12)29(11-16(24(15)30)25(31)32)20-7-6-14(26)9-17(20)27/h2-11,28H,33H2,1H3,(H,31,32). The maximum atomic E-state index is 14.8. The second-order valence-electron chi connectivity index (χ2n) is 7.78. The number of aromatic nitrogens is 2. The Morgan fingerprint density at radius 1 is 1.09 bits per heavy atom. The molecule has 0 bridgehead atoms. The molecule has 0 saturated heterocycles. The molecule has 0 saturated carbocycles. The average Bonchev–Trinajstić information content (AvgIpc) is 3.18. The van der Waals surface area contributed by atoms with Gasteiger partial charge in [-0.15, -0.1) is 9.24 Å². The zero-order valence-electron chi connectivity index (χ0n) is 17.3. The predicted octanol–water partition coefficient (Wildman–Crippen LogP) is 4.92. The minimum atomic E-state index is -1.43. The van der Waals surface area contributed by atoms with E-state index in [1.54, 1.807) is 13.0 Å². The van der Waals surface area contributed by atoms with Crippen LogP contribution in [0.4, 0.5) is 8.78 Å². The van der Waals surface area contributed by atoms with Crippen molar-refractivity contribution in [1.29, 1.82) is 0 Å². The monoisotopic (exact) mass is 462 g/mol. The molecule has 5 rings (SSSR count). The van der Waals surface area contributed by atoms with Gasteiger partial charge in [0.25, 0.3) is 0 Å². The van der Waals surface area contributed by atoms with Crippen LogP contribution in [0, 0.1) is 18.6 Å². The number of rotatable bonds is 3. The predicted molar refractivity (Wildman–Crippen MR) is 128 cm³/mol. The lowest BCUT2D eigenvalue weighted by atomic mass is 9.99. The van der Waals surface area contributed by atoms with Crippen molar-refractivity contribution < 1.29 is 18.7 Å². The quantitative estimate of drug-likeness (QED) is 0.374. The van der Waals surface area contributed by atoms with Crippen LogP contribution in [-0.4, -0.2) is 20.6 Å². The average molecular weight is 462 g/mol. The number of hydrogen-bond acceptors (Lipinski definition) is 2. The second kappa shape index (κ2) is 7.64. The van der Waals surface area contributed by atoms with Crippen LogP contribution in [0.2, 0.25) is 0 Å². The van der Waals surface area contributed by atoms with Gasteiger partial charge >= 0.3 is 5.97 Å². The maximum Gasteiger partial charge on any atom is 0.341 e. The summed E-state index contributed by atoms with van der Waals surface area (Å²) in [5.74, 6) is -3.07. The van der Waals surface area contributed by atoms with Crippen LogP contribution in [-0.2, 0) is 0 Å². The number of fused-ring (bicyclic) bond motifs is 2. The lowest BCUT2D eigenvalue weighted by Crippen LogP contribution is -2.21. The van der Waals surface area contributed by atoms with Gasteiger partial charge in [-0.3, -0.25) is 4.79 Å². The number of aryl methyl sites for hydroxylation is 1. The van der Waals surface area contributed by atoms with E-state index in [4.69, 9.17) is 0 Å². The zero-order valence-corrected chi connectivity index (χ0v) is 18.5. The van der Waals surface area contributed by atoms with Gasteiger partial charge < -0.3 is 14.7 Å². The van der Waals surface area contributed by atoms with Crippen molar-refractivity contribution in [3.8, 4) is 16.9 Å². The van der Waals surface area contributed by atoms with Gasteiger partial charge in [-0.2, -0.15) is 0 Å². The summed E-state index contributed by atoms with van der Waals surface area (Å²) >= 11 is 0. The van der Waals surface area contributed by atoms with Crippen molar-refractivity contribution in [2.24, 2.45) is 0 Å². The van der Waals surface area contributed by atoms with Crippen molar-refractivity contribution in [3.63, 3.8) is 0 Å². The fourth-order valence-electron chi connectivity index (χ4n) is 4.30. The summed E-state index contributed by atoms with van der Waals surface area (Å²) in [6, 6.07) is 14.3. The SMILES string of the molecule is Cc1c(-c2cc3ccccc3[nH]2)c(P)cc2c(=O)c(C(=O)O)cn(-c3ccc(F)cc3F)c12. The van der Waals surface area contributed by atoms with E-state index in [-0.39, 0.29) is 11.1 Å². The highest BCUT2D eigenvalue weighted by atomic mass is 31.0. The summed E-state index contributed by atoms with van der Waals surface area (Å²) in [5, 5.41) is 11.4. The fourth-order valence-corrected chi connectivity index (χ4v) is 4.84. The van der Waals surface area contributed by atoms with E-state index in [0.717, 1.165) is 40.5 Å². The molecule has 5 nitrogen and oxygen atoms in total. The fraction of sp³-hybridized carbons (Fsp3) is 0.0400. The Kier molecular flexibility index (Phi) is 4.87. The molecule has 2 heterocycles. The lowest BCUT2D eigenvalue weighted by Gasteiger charge is -2.18. The van der Waals surface area contributed by atoms with Crippen LogP contribution in [0.25, 0.3) is 38.8 Å². The van der Waals surface area contributed by atoms with Crippen LogP contribution in [0.15, 0.2) is 65.6 Å². The highest BCUT2D eigenvalue weighted by Gasteiger charge is 2.22. The van der Waals surface area contributed by atoms with Crippen LogP contribution < -0.4 is 10.7 Å². The zero-order chi connectivity index (χ0) is 23.4. The topological polar surface area (TPSA) is 75.1 Å². The summed E-state index contributed by atoms with van der Waals surface area (Å²) in [4.78, 5) is 28.2. The normalized spacial score (nSPS) is 11.4. The molecular formula is C25H17F2N2O3P. The molecule has 2 N–H and O–H groups in total. The Morgan fingerprint density at radius 2 is 1.85 bits per heavy atom. The number of aromatic carboxylic acids is 1. The number of pyridine rings is 1. The van der Waals surface area contributed by atoms with E-state index in [1.807, 2.05) is 30.3 Å². The highest BCUT2D eigenvalue weighted by Crippen LogP contribution is 2.32. The number of hydrogen-bond donors (Lipinski definition) is 2. The number of benzene rings is 3. The molecule has 0 aliphatic rings. The van der Waals surface area contributed by atoms with Crippen LogP contribution in [0.5, 0.6) is 0 Å². The summed E-state index contributed by atoms with van der Waals surface area (Å²) in [6.45, 7) is 1.79. The van der Waals surface area contributed by atoms with Gasteiger partial charge in [0.2, 0.25) is 5.43 Å². The minimum absolute atomic E-state index is 0.0638. The molecule has 0 fully saturated rings. The summed E-state index contributed by atoms with van der Waals surface area (Å²) < 4.78 is 29.6. The number of para-hydroxylation sites is 1. The Hall–Kier alpha value is -3.83. The molecule has 8 heteroatoms. The number of carbonyl (C=O) groups is 1. The van der Waals surface area contributed by atoms with Crippen LogP contribution in [0.1, 0.15) is 15.9 Å². The highest BCUT2D eigenvalue weighted by molar-refractivity contribution is 7.28. The Labute approximate surface area is 188 Å². The first-order valence-electron chi connectivity index (χ1n) is 10.0. The first-order valence-corrected chi connectivity index (χ1v) is 10.6. The number of carboxylic acids is 1.